The third-order valence-corrected chi connectivity index (χ3v) is 9.34. The van der Waals surface area contributed by atoms with Crippen molar-refractivity contribution in [3.8, 4) is 56.4 Å². The summed E-state index contributed by atoms with van der Waals surface area (Å²) in [6, 6.07) is 55.8. The third-order valence-electron chi connectivity index (χ3n) is 9.34. The molecule has 10 rings (SSSR count). The smallest absolute Gasteiger partial charge is 0.164 e. The summed E-state index contributed by atoms with van der Waals surface area (Å²) in [5.41, 5.74) is 10.3. The molecule has 0 amide bonds. The molecule has 7 aromatic carbocycles. The molecule has 0 spiro atoms. The Bertz CT molecular complexity index is 2850. The molecule has 3 aromatic heterocycles. The Kier molecular flexibility index (Phi) is 6.42. The lowest BCUT2D eigenvalue weighted by molar-refractivity contribution is 0.669. The van der Waals surface area contributed by atoms with Crippen molar-refractivity contribution in [3.63, 3.8) is 0 Å². The quantitative estimate of drug-likeness (QED) is 0.187. The molecular formula is C45H27N3O2. The number of hydrogen-bond donors (Lipinski definition) is 0. The zero-order valence-electron chi connectivity index (χ0n) is 26.7. The highest BCUT2D eigenvalue weighted by molar-refractivity contribution is 6.11. The molecule has 0 aliphatic heterocycles. The average Bonchev–Trinajstić information content (AvgIpc) is 3.76. The van der Waals surface area contributed by atoms with E-state index in [-0.39, 0.29) is 0 Å². The number of furan rings is 2. The van der Waals surface area contributed by atoms with Gasteiger partial charge in [0.2, 0.25) is 0 Å². The molecule has 50 heavy (non-hydrogen) atoms. The molecular weight excluding hydrogens is 615 g/mol. The number of fused-ring (bicyclic) bond motifs is 6. The van der Waals surface area contributed by atoms with Gasteiger partial charge in [-0.25, -0.2) is 15.0 Å². The van der Waals surface area contributed by atoms with E-state index in [0.29, 0.717) is 17.5 Å². The van der Waals surface area contributed by atoms with Crippen molar-refractivity contribution in [2.75, 3.05) is 0 Å². The Morgan fingerprint density at radius 3 is 1.52 bits per heavy atom. The topological polar surface area (TPSA) is 65.0 Å². The minimum Gasteiger partial charge on any atom is -0.456 e. The third kappa shape index (κ3) is 4.75. The second kappa shape index (κ2) is 11.4. The summed E-state index contributed by atoms with van der Waals surface area (Å²) < 4.78 is 12.7. The Morgan fingerprint density at radius 1 is 0.300 bits per heavy atom. The fourth-order valence-electron chi connectivity index (χ4n) is 6.86. The minimum absolute atomic E-state index is 0.568. The van der Waals surface area contributed by atoms with Gasteiger partial charge in [0, 0.05) is 43.8 Å². The summed E-state index contributed by atoms with van der Waals surface area (Å²) in [7, 11) is 0. The van der Waals surface area contributed by atoms with E-state index >= 15 is 0 Å². The lowest BCUT2D eigenvalue weighted by atomic mass is 9.98. The lowest BCUT2D eigenvalue weighted by Crippen LogP contribution is -2.00. The minimum atomic E-state index is 0.568. The second-order valence-corrected chi connectivity index (χ2v) is 12.4. The maximum absolute atomic E-state index is 6.46. The predicted molar refractivity (Wildman–Crippen MR) is 202 cm³/mol. The molecule has 0 atom stereocenters. The van der Waals surface area contributed by atoms with Gasteiger partial charge in [-0.05, 0) is 53.1 Å². The van der Waals surface area contributed by atoms with E-state index in [2.05, 4.69) is 97.1 Å². The molecule has 0 fully saturated rings. The number of rotatable bonds is 5. The highest BCUT2D eigenvalue weighted by Crippen LogP contribution is 2.40. The molecule has 5 heteroatoms. The highest BCUT2D eigenvalue weighted by atomic mass is 16.3. The van der Waals surface area contributed by atoms with Gasteiger partial charge < -0.3 is 8.83 Å². The molecule has 0 saturated heterocycles. The van der Waals surface area contributed by atoms with Crippen LogP contribution in [0.4, 0.5) is 0 Å². The number of hydrogen-bond acceptors (Lipinski definition) is 5. The van der Waals surface area contributed by atoms with E-state index in [1.54, 1.807) is 0 Å². The lowest BCUT2D eigenvalue weighted by Gasteiger charge is -2.11. The van der Waals surface area contributed by atoms with Crippen molar-refractivity contribution in [3.05, 3.63) is 164 Å². The summed E-state index contributed by atoms with van der Waals surface area (Å²) in [6.45, 7) is 0. The standard InChI is InChI=1S/C45H27N3O2/c1-3-11-28(12-4-1)29-19-21-31(22-20-29)43-46-44(32-23-24-36-34-15-7-9-17-39(34)49-41(36)27-32)48-45(47-43)33-25-37(30-13-5-2-6-14-30)42-38(26-33)35-16-8-10-18-40(35)50-42/h1-27H. The maximum Gasteiger partial charge on any atom is 0.164 e. The van der Waals surface area contributed by atoms with Crippen LogP contribution in [0.25, 0.3) is 100 Å². The zero-order valence-corrected chi connectivity index (χ0v) is 26.7. The van der Waals surface area contributed by atoms with Crippen LogP contribution in [0.15, 0.2) is 173 Å². The number of para-hydroxylation sites is 2. The van der Waals surface area contributed by atoms with Gasteiger partial charge in [-0.2, -0.15) is 0 Å². The molecule has 0 N–H and O–H groups in total. The fourth-order valence-corrected chi connectivity index (χ4v) is 6.86. The number of aromatic nitrogens is 3. The molecule has 0 aliphatic carbocycles. The second-order valence-electron chi connectivity index (χ2n) is 12.4. The molecule has 0 aliphatic rings. The van der Waals surface area contributed by atoms with Gasteiger partial charge in [0.15, 0.2) is 17.5 Å². The van der Waals surface area contributed by atoms with E-state index in [0.717, 1.165) is 82.8 Å². The summed E-state index contributed by atoms with van der Waals surface area (Å²) in [5, 5.41) is 4.19. The van der Waals surface area contributed by atoms with Gasteiger partial charge in [-0.1, -0.05) is 127 Å². The van der Waals surface area contributed by atoms with E-state index in [9.17, 15) is 0 Å². The normalized spacial score (nSPS) is 11.6. The zero-order chi connectivity index (χ0) is 33.0. The molecule has 0 radical (unpaired) electrons. The van der Waals surface area contributed by atoms with Gasteiger partial charge in [-0.3, -0.25) is 0 Å². The molecule has 10 aromatic rings. The molecule has 5 nitrogen and oxygen atoms in total. The van der Waals surface area contributed by atoms with Crippen LogP contribution in [0.2, 0.25) is 0 Å². The van der Waals surface area contributed by atoms with Crippen LogP contribution < -0.4 is 0 Å². The van der Waals surface area contributed by atoms with Crippen molar-refractivity contribution in [1.29, 1.82) is 0 Å². The van der Waals surface area contributed by atoms with Crippen molar-refractivity contribution in [2.45, 2.75) is 0 Å². The maximum atomic E-state index is 6.46. The first-order valence-corrected chi connectivity index (χ1v) is 16.6. The fraction of sp³-hybridized carbons (Fsp3) is 0. The first kappa shape index (κ1) is 28.2. The summed E-state index contributed by atoms with van der Waals surface area (Å²) in [4.78, 5) is 15.3. The van der Waals surface area contributed by atoms with Crippen LogP contribution >= 0.6 is 0 Å². The van der Waals surface area contributed by atoms with Crippen LogP contribution in [0.3, 0.4) is 0 Å². The van der Waals surface area contributed by atoms with Crippen LogP contribution in [0.1, 0.15) is 0 Å². The Morgan fingerprint density at radius 2 is 0.800 bits per heavy atom. The van der Waals surface area contributed by atoms with Crippen LogP contribution in [0.5, 0.6) is 0 Å². The molecule has 0 bridgehead atoms. The first-order valence-electron chi connectivity index (χ1n) is 16.6. The number of nitrogens with zero attached hydrogens (tertiary/aromatic N) is 3. The van der Waals surface area contributed by atoms with Crippen LogP contribution in [0, 0.1) is 0 Å². The SMILES string of the molecule is c1ccc(-c2ccc(-c3nc(-c4ccc5c(c4)oc4ccccc45)nc(-c4cc(-c5ccccc5)c5oc6ccccc6c5c4)n3)cc2)cc1. The Hall–Kier alpha value is -6.85. The van der Waals surface area contributed by atoms with Crippen LogP contribution in [-0.4, -0.2) is 15.0 Å². The largest absolute Gasteiger partial charge is 0.456 e. The van der Waals surface area contributed by atoms with E-state index in [1.165, 1.54) is 0 Å². The van der Waals surface area contributed by atoms with Crippen molar-refractivity contribution in [1.82, 2.24) is 15.0 Å². The van der Waals surface area contributed by atoms with E-state index in [1.807, 2.05) is 66.7 Å². The Labute approximate surface area is 287 Å². The first-order chi connectivity index (χ1) is 24.7. The number of benzene rings is 7. The summed E-state index contributed by atoms with van der Waals surface area (Å²) in [6.07, 6.45) is 0. The molecule has 0 saturated carbocycles. The summed E-state index contributed by atoms with van der Waals surface area (Å²) in [5.74, 6) is 1.73. The van der Waals surface area contributed by atoms with Gasteiger partial charge in [0.25, 0.3) is 0 Å². The van der Waals surface area contributed by atoms with E-state index in [4.69, 9.17) is 23.8 Å². The van der Waals surface area contributed by atoms with Crippen molar-refractivity contribution in [2.24, 2.45) is 0 Å². The molecule has 3 heterocycles. The van der Waals surface area contributed by atoms with Crippen molar-refractivity contribution >= 4 is 43.9 Å². The Balaban J connectivity index is 1.19. The van der Waals surface area contributed by atoms with Gasteiger partial charge in [-0.15, -0.1) is 0 Å². The van der Waals surface area contributed by atoms with Crippen LogP contribution in [-0.2, 0) is 0 Å². The molecule has 234 valence electrons. The highest BCUT2D eigenvalue weighted by Gasteiger charge is 2.19. The van der Waals surface area contributed by atoms with Gasteiger partial charge >= 0.3 is 0 Å². The monoisotopic (exact) mass is 641 g/mol. The predicted octanol–water partition coefficient (Wildman–Crippen LogP) is 12.0. The average molecular weight is 642 g/mol. The summed E-state index contributed by atoms with van der Waals surface area (Å²) >= 11 is 0. The molecule has 0 unspecified atom stereocenters. The van der Waals surface area contributed by atoms with Gasteiger partial charge in [0.1, 0.15) is 22.3 Å². The van der Waals surface area contributed by atoms with Crippen molar-refractivity contribution < 1.29 is 8.83 Å². The van der Waals surface area contributed by atoms with E-state index < -0.39 is 0 Å². The van der Waals surface area contributed by atoms with Gasteiger partial charge in [0.05, 0.1) is 0 Å².